The minimum Gasteiger partial charge on any atom is -0.379 e. The fourth-order valence-corrected chi connectivity index (χ4v) is 3.93. The minimum atomic E-state index is 0.325. The molecule has 3 aromatic rings. The van der Waals surface area contributed by atoms with Crippen LogP contribution >= 0.6 is 0 Å². The van der Waals surface area contributed by atoms with Gasteiger partial charge >= 0.3 is 0 Å². The maximum absolute atomic E-state index is 3.61. The highest BCUT2D eigenvalue weighted by atomic mass is 14.9. The van der Waals surface area contributed by atoms with Gasteiger partial charge in [0, 0.05) is 11.7 Å². The van der Waals surface area contributed by atoms with Crippen LogP contribution in [0.4, 0.5) is 5.69 Å². The van der Waals surface area contributed by atoms with E-state index in [2.05, 4.69) is 123 Å². The molecule has 0 radical (unpaired) electrons. The van der Waals surface area contributed by atoms with Crippen LogP contribution in [0, 0.1) is 20.8 Å². The van der Waals surface area contributed by atoms with Crippen LogP contribution < -0.4 is 5.32 Å². The molecule has 0 amide bonds. The van der Waals surface area contributed by atoms with Gasteiger partial charge in [-0.05, 0) is 73.2 Å². The quantitative estimate of drug-likeness (QED) is 0.477. The Kier molecular flexibility index (Phi) is 5.99. The van der Waals surface area contributed by atoms with E-state index in [1.54, 1.807) is 0 Å². The molecule has 0 bridgehead atoms. The molecule has 1 atom stereocenters. The van der Waals surface area contributed by atoms with Gasteiger partial charge < -0.3 is 5.32 Å². The molecule has 0 fully saturated rings. The summed E-state index contributed by atoms with van der Waals surface area (Å²) in [5.74, 6) is 0. The Morgan fingerprint density at radius 1 is 0.867 bits per heavy atom. The molecular weight excluding hydrogens is 362 g/mol. The van der Waals surface area contributed by atoms with Gasteiger partial charge in [0.2, 0.25) is 0 Å². The summed E-state index contributed by atoms with van der Waals surface area (Å²) in [5.41, 5.74) is 10.1. The van der Waals surface area contributed by atoms with E-state index in [1.807, 2.05) is 0 Å². The predicted octanol–water partition coefficient (Wildman–Crippen LogP) is 7.41. The van der Waals surface area contributed by atoms with Gasteiger partial charge in [0.25, 0.3) is 0 Å². The maximum Gasteiger partial charge on any atom is 0.0482 e. The van der Waals surface area contributed by atoms with Crippen molar-refractivity contribution in [1.29, 1.82) is 0 Å². The second-order valence-electron chi connectivity index (χ2n) is 8.16. The van der Waals surface area contributed by atoms with Crippen LogP contribution in [-0.4, -0.2) is 6.04 Å². The average molecular weight is 392 g/mol. The van der Waals surface area contributed by atoms with Crippen molar-refractivity contribution in [2.24, 2.45) is 0 Å². The first-order valence-electron chi connectivity index (χ1n) is 10.6. The Morgan fingerprint density at radius 3 is 2.27 bits per heavy atom. The molecule has 150 valence electrons. The van der Waals surface area contributed by atoms with Crippen molar-refractivity contribution in [2.45, 2.75) is 33.2 Å². The Labute approximate surface area is 180 Å². The Balaban J connectivity index is 1.59. The molecule has 1 N–H and O–H groups in total. The van der Waals surface area contributed by atoms with E-state index in [9.17, 15) is 0 Å². The number of hydrogen-bond acceptors (Lipinski definition) is 1. The first-order chi connectivity index (χ1) is 14.6. The second kappa shape index (κ2) is 9.00. The van der Waals surface area contributed by atoms with Gasteiger partial charge in [-0.15, -0.1) is 0 Å². The summed E-state index contributed by atoms with van der Waals surface area (Å²) in [4.78, 5) is 0. The van der Waals surface area contributed by atoms with Crippen LogP contribution in [0.25, 0.3) is 5.57 Å². The number of aryl methyl sites for hydroxylation is 3. The van der Waals surface area contributed by atoms with Gasteiger partial charge in [0.1, 0.15) is 0 Å². The number of allylic oxidation sites excluding steroid dienone is 3. The maximum atomic E-state index is 3.61. The van der Waals surface area contributed by atoms with Gasteiger partial charge in [-0.2, -0.15) is 0 Å². The molecule has 3 aromatic carbocycles. The van der Waals surface area contributed by atoms with Crippen molar-refractivity contribution >= 4 is 11.3 Å². The van der Waals surface area contributed by atoms with Crippen LogP contribution in [0.1, 0.15) is 34.2 Å². The van der Waals surface area contributed by atoms with Crippen molar-refractivity contribution in [1.82, 2.24) is 0 Å². The molecular formula is C29H29N. The molecule has 1 aliphatic rings. The van der Waals surface area contributed by atoms with Gasteiger partial charge in [0.15, 0.2) is 0 Å². The fourth-order valence-electron chi connectivity index (χ4n) is 3.93. The van der Waals surface area contributed by atoms with E-state index < -0.39 is 0 Å². The first kappa shape index (κ1) is 20.0. The van der Waals surface area contributed by atoms with Crippen molar-refractivity contribution in [3.8, 4) is 0 Å². The van der Waals surface area contributed by atoms with Crippen LogP contribution in [-0.2, 0) is 0 Å². The van der Waals surface area contributed by atoms with Crippen molar-refractivity contribution in [3.63, 3.8) is 0 Å². The van der Waals surface area contributed by atoms with Crippen LogP contribution in [0.2, 0.25) is 0 Å². The molecule has 0 aliphatic heterocycles. The van der Waals surface area contributed by atoms with E-state index in [4.69, 9.17) is 0 Å². The smallest absolute Gasteiger partial charge is 0.0482 e. The van der Waals surface area contributed by atoms with E-state index in [1.165, 1.54) is 44.7 Å². The van der Waals surface area contributed by atoms with Crippen molar-refractivity contribution in [2.75, 3.05) is 5.32 Å². The summed E-state index contributed by atoms with van der Waals surface area (Å²) in [5, 5.41) is 3.61. The zero-order valence-electron chi connectivity index (χ0n) is 18.0. The third-order valence-electron chi connectivity index (χ3n) is 5.60. The number of anilines is 1. The number of rotatable bonds is 5. The average Bonchev–Trinajstić information content (AvgIpc) is 2.76. The molecule has 30 heavy (non-hydrogen) atoms. The molecule has 0 heterocycles. The highest BCUT2D eigenvalue weighted by Crippen LogP contribution is 2.29. The van der Waals surface area contributed by atoms with Crippen molar-refractivity contribution < 1.29 is 0 Å². The SMILES string of the molecule is Cc1ccc(NC2C=CC(C=C(c3ccccc3)c3ccc(C)cc3C)=CC2)cc1. The van der Waals surface area contributed by atoms with Crippen LogP contribution in [0.15, 0.2) is 103 Å². The third kappa shape index (κ3) is 4.80. The molecule has 1 nitrogen and oxygen atoms in total. The topological polar surface area (TPSA) is 12.0 Å². The summed E-state index contributed by atoms with van der Waals surface area (Å²) < 4.78 is 0. The molecule has 0 saturated carbocycles. The largest absolute Gasteiger partial charge is 0.379 e. The normalized spacial score (nSPS) is 16.3. The van der Waals surface area contributed by atoms with E-state index in [0.29, 0.717) is 6.04 Å². The highest BCUT2D eigenvalue weighted by Gasteiger charge is 2.12. The zero-order valence-corrected chi connectivity index (χ0v) is 18.0. The van der Waals surface area contributed by atoms with E-state index >= 15 is 0 Å². The molecule has 0 saturated heterocycles. The van der Waals surface area contributed by atoms with Gasteiger partial charge in [-0.25, -0.2) is 0 Å². The molecule has 1 aliphatic carbocycles. The number of nitrogens with one attached hydrogen (secondary N) is 1. The minimum absolute atomic E-state index is 0.325. The summed E-state index contributed by atoms with van der Waals surface area (Å²) in [7, 11) is 0. The number of hydrogen-bond donors (Lipinski definition) is 1. The summed E-state index contributed by atoms with van der Waals surface area (Å²) in [6, 6.07) is 26.3. The predicted molar refractivity (Wildman–Crippen MR) is 130 cm³/mol. The van der Waals surface area contributed by atoms with Crippen LogP contribution in [0.3, 0.4) is 0 Å². The third-order valence-corrected chi connectivity index (χ3v) is 5.60. The lowest BCUT2D eigenvalue weighted by Gasteiger charge is -2.19. The monoisotopic (exact) mass is 391 g/mol. The lowest BCUT2D eigenvalue weighted by atomic mass is 9.90. The molecule has 1 unspecified atom stereocenters. The van der Waals surface area contributed by atoms with Gasteiger partial charge in [-0.3, -0.25) is 0 Å². The highest BCUT2D eigenvalue weighted by molar-refractivity contribution is 5.83. The summed E-state index contributed by atoms with van der Waals surface area (Å²) >= 11 is 0. The molecule has 0 spiro atoms. The lowest BCUT2D eigenvalue weighted by Crippen LogP contribution is -2.17. The Hall–Kier alpha value is -3.32. The zero-order chi connectivity index (χ0) is 20.9. The fraction of sp³-hybridized carbons (Fsp3) is 0.172. The molecule has 1 heteroatoms. The Bertz CT molecular complexity index is 1100. The molecule has 4 rings (SSSR count). The second-order valence-corrected chi connectivity index (χ2v) is 8.16. The lowest BCUT2D eigenvalue weighted by molar-refractivity contribution is 0.877. The van der Waals surface area contributed by atoms with E-state index in [-0.39, 0.29) is 0 Å². The first-order valence-corrected chi connectivity index (χ1v) is 10.6. The Morgan fingerprint density at radius 2 is 1.60 bits per heavy atom. The van der Waals surface area contributed by atoms with Crippen LogP contribution in [0.5, 0.6) is 0 Å². The van der Waals surface area contributed by atoms with Gasteiger partial charge in [-0.1, -0.05) is 90.0 Å². The number of benzene rings is 3. The summed E-state index contributed by atoms with van der Waals surface area (Å²) in [6.45, 7) is 6.47. The molecule has 0 aromatic heterocycles. The van der Waals surface area contributed by atoms with Gasteiger partial charge in [0.05, 0.1) is 0 Å². The standard InChI is InChI=1S/C29H29N/c1-21-9-14-26(15-10-21)30-27-16-12-24(13-17-27)20-29(25-7-5-4-6-8-25)28-18-11-22(2)19-23(28)3/h4-16,18-20,27,30H,17H2,1-3H3. The van der Waals surface area contributed by atoms with Crippen molar-refractivity contribution in [3.05, 3.63) is 130 Å². The summed E-state index contributed by atoms with van der Waals surface area (Å²) in [6.07, 6.45) is 10.1. The van der Waals surface area contributed by atoms with E-state index in [0.717, 1.165) is 6.42 Å².